The Kier molecular flexibility index (Phi) is 6.97. The Balaban J connectivity index is 2.63. The third kappa shape index (κ3) is 6.85. The van der Waals surface area contributed by atoms with Gasteiger partial charge in [-0.25, -0.2) is 23.1 Å². The Morgan fingerprint density at radius 2 is 2.09 bits per heavy atom. The van der Waals surface area contributed by atoms with Crippen molar-refractivity contribution in [1.29, 1.82) is 0 Å². The summed E-state index contributed by atoms with van der Waals surface area (Å²) in [6.45, 7) is 8.53. The van der Waals surface area contributed by atoms with Gasteiger partial charge in [0, 0.05) is 23.6 Å². The van der Waals surface area contributed by atoms with Crippen LogP contribution in [0.4, 0.5) is 0 Å². The van der Waals surface area contributed by atoms with E-state index in [9.17, 15) is 8.42 Å². The highest BCUT2D eigenvalue weighted by Gasteiger charge is 2.21. The van der Waals surface area contributed by atoms with Gasteiger partial charge in [0.2, 0.25) is 15.3 Å². The van der Waals surface area contributed by atoms with E-state index in [1.54, 1.807) is 18.3 Å². The molecule has 1 N–H and O–H groups in total. The first kappa shape index (κ1) is 19.1. The van der Waals surface area contributed by atoms with Crippen molar-refractivity contribution in [3.63, 3.8) is 0 Å². The topological polar surface area (TPSA) is 72.0 Å². The van der Waals surface area contributed by atoms with Gasteiger partial charge in [-0.3, -0.25) is 0 Å². The number of sulfonamides is 1. The van der Waals surface area contributed by atoms with Gasteiger partial charge in [-0.05, 0) is 36.4 Å². The summed E-state index contributed by atoms with van der Waals surface area (Å²) in [6, 6.07) is 1.79. The summed E-state index contributed by atoms with van der Waals surface area (Å²) in [5, 5.41) is 1.41. The average Bonchev–Trinajstić information content (AvgIpc) is 2.37. The molecule has 1 heterocycles. The zero-order valence-corrected chi connectivity index (χ0v) is 15.1. The first-order valence-corrected chi connectivity index (χ1v) is 9.20. The smallest absolute Gasteiger partial charge is 0.227 e. The molecule has 0 aromatic carbocycles. The van der Waals surface area contributed by atoms with Crippen LogP contribution in [0.15, 0.2) is 23.7 Å². The second-order valence-corrected chi connectivity index (χ2v) is 8.28. The highest BCUT2D eigenvalue weighted by Crippen LogP contribution is 2.26. The standard InChI is InChI=1S/C15H24ClN3O2S/c1-12(2)6-10-18-22(20,21)11-5-8-15(3,4)13-7-9-17-14(16)19-13/h5,7,9,11-12,18H,6,8,10H2,1-4H3/b11-5-. The van der Waals surface area contributed by atoms with Gasteiger partial charge in [0.05, 0.1) is 5.69 Å². The number of aromatic nitrogens is 2. The molecular formula is C15H24ClN3O2S. The van der Waals surface area contributed by atoms with E-state index in [1.807, 2.05) is 13.8 Å². The Hall–Kier alpha value is -0.980. The Morgan fingerprint density at radius 3 is 2.68 bits per heavy atom. The second kappa shape index (κ2) is 8.04. The number of allylic oxidation sites excluding steroid dienone is 1. The van der Waals surface area contributed by atoms with E-state index in [0.717, 1.165) is 12.1 Å². The van der Waals surface area contributed by atoms with Gasteiger partial charge >= 0.3 is 0 Å². The molecule has 0 spiro atoms. The van der Waals surface area contributed by atoms with Crippen LogP contribution in [0.2, 0.25) is 5.28 Å². The van der Waals surface area contributed by atoms with Crippen LogP contribution in [0.1, 0.15) is 46.2 Å². The lowest BCUT2D eigenvalue weighted by Gasteiger charge is -2.22. The molecule has 1 aromatic heterocycles. The number of hydrogen-bond acceptors (Lipinski definition) is 4. The lowest BCUT2D eigenvalue weighted by Crippen LogP contribution is -2.24. The molecule has 0 aliphatic carbocycles. The molecule has 0 unspecified atom stereocenters. The van der Waals surface area contributed by atoms with Crippen LogP contribution in [0, 0.1) is 5.92 Å². The lowest BCUT2D eigenvalue weighted by atomic mass is 9.85. The zero-order valence-electron chi connectivity index (χ0n) is 13.5. The molecular weight excluding hydrogens is 322 g/mol. The second-order valence-electron chi connectivity index (χ2n) is 6.29. The fourth-order valence-corrected chi connectivity index (χ4v) is 2.82. The van der Waals surface area contributed by atoms with Crippen LogP contribution in [-0.4, -0.2) is 24.9 Å². The number of nitrogens with zero attached hydrogens (tertiary/aromatic N) is 2. The van der Waals surface area contributed by atoms with Crippen LogP contribution in [0.3, 0.4) is 0 Å². The molecule has 0 aliphatic heterocycles. The zero-order chi connectivity index (χ0) is 16.8. The minimum absolute atomic E-state index is 0.192. The van der Waals surface area contributed by atoms with E-state index in [1.165, 1.54) is 5.41 Å². The maximum atomic E-state index is 11.8. The molecule has 0 saturated heterocycles. The number of hydrogen-bond donors (Lipinski definition) is 1. The molecule has 0 amide bonds. The van der Waals surface area contributed by atoms with Crippen molar-refractivity contribution < 1.29 is 8.42 Å². The highest BCUT2D eigenvalue weighted by molar-refractivity contribution is 7.92. The summed E-state index contributed by atoms with van der Waals surface area (Å²) < 4.78 is 26.3. The molecule has 0 radical (unpaired) electrons. The Bertz CT molecular complexity index is 613. The fourth-order valence-electron chi connectivity index (χ4n) is 1.82. The minimum Gasteiger partial charge on any atom is -0.227 e. The molecule has 7 heteroatoms. The summed E-state index contributed by atoms with van der Waals surface area (Å²) in [4.78, 5) is 8.04. The van der Waals surface area contributed by atoms with Crippen LogP contribution >= 0.6 is 11.6 Å². The number of halogens is 1. The van der Waals surface area contributed by atoms with E-state index >= 15 is 0 Å². The summed E-state index contributed by atoms with van der Waals surface area (Å²) in [7, 11) is -3.38. The van der Waals surface area contributed by atoms with E-state index in [4.69, 9.17) is 11.6 Å². The maximum absolute atomic E-state index is 11.8. The third-order valence-electron chi connectivity index (χ3n) is 3.25. The first-order chi connectivity index (χ1) is 10.1. The van der Waals surface area contributed by atoms with Gasteiger partial charge in [-0.2, -0.15) is 0 Å². The van der Waals surface area contributed by atoms with Gasteiger partial charge in [0.1, 0.15) is 0 Å². The molecule has 0 aliphatic rings. The van der Waals surface area contributed by atoms with Gasteiger partial charge in [-0.1, -0.05) is 33.8 Å². The largest absolute Gasteiger partial charge is 0.233 e. The Labute approximate surface area is 138 Å². The summed E-state index contributed by atoms with van der Waals surface area (Å²) >= 11 is 5.79. The van der Waals surface area contributed by atoms with Crippen molar-refractivity contribution in [1.82, 2.24) is 14.7 Å². The van der Waals surface area contributed by atoms with Crippen LogP contribution in [0.5, 0.6) is 0 Å². The van der Waals surface area contributed by atoms with Gasteiger partial charge in [0.15, 0.2) is 0 Å². The molecule has 0 bridgehead atoms. The summed E-state index contributed by atoms with van der Waals surface area (Å²) in [6.07, 6.45) is 4.59. The first-order valence-electron chi connectivity index (χ1n) is 7.27. The van der Waals surface area contributed by atoms with E-state index < -0.39 is 10.0 Å². The van der Waals surface area contributed by atoms with Crippen molar-refractivity contribution in [3.8, 4) is 0 Å². The van der Waals surface area contributed by atoms with E-state index in [0.29, 0.717) is 18.9 Å². The molecule has 1 rings (SSSR count). The number of nitrogens with one attached hydrogen (secondary N) is 1. The van der Waals surface area contributed by atoms with Crippen LogP contribution < -0.4 is 4.72 Å². The van der Waals surface area contributed by atoms with Crippen molar-refractivity contribution in [2.75, 3.05) is 6.54 Å². The lowest BCUT2D eigenvalue weighted by molar-refractivity contribution is 0.514. The van der Waals surface area contributed by atoms with Crippen molar-refractivity contribution in [3.05, 3.63) is 34.7 Å². The fraction of sp³-hybridized carbons (Fsp3) is 0.600. The molecule has 0 saturated carbocycles. The highest BCUT2D eigenvalue weighted by atomic mass is 35.5. The van der Waals surface area contributed by atoms with E-state index in [-0.39, 0.29) is 10.7 Å². The van der Waals surface area contributed by atoms with Crippen LogP contribution in [0.25, 0.3) is 0 Å². The molecule has 1 aromatic rings. The molecule has 5 nitrogen and oxygen atoms in total. The van der Waals surface area contributed by atoms with Gasteiger partial charge < -0.3 is 0 Å². The maximum Gasteiger partial charge on any atom is 0.233 e. The average molecular weight is 346 g/mol. The summed E-state index contributed by atoms with van der Waals surface area (Å²) in [5.41, 5.74) is 0.457. The SMILES string of the molecule is CC(C)CCNS(=O)(=O)/C=C\CC(C)(C)c1ccnc(Cl)n1. The quantitative estimate of drug-likeness (QED) is 0.734. The van der Waals surface area contributed by atoms with Gasteiger partial charge in [-0.15, -0.1) is 0 Å². The molecule has 22 heavy (non-hydrogen) atoms. The van der Waals surface area contributed by atoms with E-state index in [2.05, 4.69) is 28.5 Å². The monoisotopic (exact) mass is 345 g/mol. The normalized spacial score (nSPS) is 13.2. The molecule has 124 valence electrons. The van der Waals surface area contributed by atoms with Crippen molar-refractivity contribution >= 4 is 21.6 Å². The number of rotatable bonds is 8. The third-order valence-corrected chi connectivity index (χ3v) is 4.59. The van der Waals surface area contributed by atoms with Crippen molar-refractivity contribution in [2.24, 2.45) is 5.92 Å². The van der Waals surface area contributed by atoms with Crippen LogP contribution in [-0.2, 0) is 15.4 Å². The van der Waals surface area contributed by atoms with Crippen molar-refractivity contribution in [2.45, 2.75) is 46.0 Å². The Morgan fingerprint density at radius 1 is 1.41 bits per heavy atom. The molecule has 0 fully saturated rings. The van der Waals surface area contributed by atoms with Gasteiger partial charge in [0.25, 0.3) is 0 Å². The minimum atomic E-state index is -3.38. The predicted octanol–water partition coefficient (Wildman–Crippen LogP) is 3.28. The predicted molar refractivity (Wildman–Crippen MR) is 90.2 cm³/mol. The summed E-state index contributed by atoms with van der Waals surface area (Å²) in [5.74, 6) is 0.466. The molecule has 0 atom stereocenters.